The Bertz CT molecular complexity index is 921. The second kappa shape index (κ2) is 6.33. The van der Waals surface area contributed by atoms with Crippen molar-refractivity contribution in [3.05, 3.63) is 63.4 Å². The van der Waals surface area contributed by atoms with Gasteiger partial charge in [-0.1, -0.05) is 15.9 Å². The number of carbonyl (C=O) groups is 1. The number of hydrogen-bond acceptors (Lipinski definition) is 2. The highest BCUT2D eigenvalue weighted by Crippen LogP contribution is 2.59. The van der Waals surface area contributed by atoms with Crippen LogP contribution >= 0.6 is 15.9 Å². The Morgan fingerprint density at radius 1 is 1.19 bits per heavy atom. The fraction of sp³-hybridized carbons (Fsp3) is 0.409. The van der Waals surface area contributed by atoms with E-state index in [0.29, 0.717) is 11.6 Å². The molecule has 2 aromatic carbocycles. The van der Waals surface area contributed by atoms with Crippen LogP contribution in [-0.2, 0) is 5.41 Å². The molecule has 5 heteroatoms. The molecular weight excluding hydrogens is 407 g/mol. The molecule has 1 spiro atoms. The predicted molar refractivity (Wildman–Crippen MR) is 108 cm³/mol. The number of hydrogen-bond donors (Lipinski definition) is 2. The lowest BCUT2D eigenvalue weighted by Gasteiger charge is -2.34. The minimum Gasteiger partial charge on any atom is -0.378 e. The summed E-state index contributed by atoms with van der Waals surface area (Å²) >= 11 is 3.46. The van der Waals surface area contributed by atoms with Crippen LogP contribution in [0.5, 0.6) is 0 Å². The van der Waals surface area contributed by atoms with E-state index in [-0.39, 0.29) is 23.2 Å². The van der Waals surface area contributed by atoms with Gasteiger partial charge in [-0.05, 0) is 85.9 Å². The quantitative estimate of drug-likeness (QED) is 0.681. The first-order chi connectivity index (χ1) is 13.0. The van der Waals surface area contributed by atoms with Crippen LogP contribution in [0.2, 0.25) is 0 Å². The Balaban J connectivity index is 1.45. The first-order valence-electron chi connectivity index (χ1n) is 9.71. The maximum Gasteiger partial charge on any atom is 0.251 e. The van der Waals surface area contributed by atoms with Gasteiger partial charge in [0.1, 0.15) is 5.82 Å². The van der Waals surface area contributed by atoms with Crippen molar-refractivity contribution >= 4 is 27.5 Å². The van der Waals surface area contributed by atoms with E-state index < -0.39 is 0 Å². The first kappa shape index (κ1) is 17.2. The van der Waals surface area contributed by atoms with Crippen molar-refractivity contribution < 1.29 is 9.18 Å². The molecule has 2 saturated carbocycles. The van der Waals surface area contributed by atoms with E-state index in [1.165, 1.54) is 18.1 Å². The largest absolute Gasteiger partial charge is 0.378 e. The van der Waals surface area contributed by atoms with Gasteiger partial charge in [0.05, 0.1) is 6.04 Å². The summed E-state index contributed by atoms with van der Waals surface area (Å²) in [6.07, 6.45) is 6.43. The van der Waals surface area contributed by atoms with Crippen LogP contribution in [0.15, 0.2) is 40.9 Å². The number of anilines is 1. The van der Waals surface area contributed by atoms with E-state index in [1.54, 1.807) is 6.07 Å². The van der Waals surface area contributed by atoms with Gasteiger partial charge in [-0.25, -0.2) is 4.39 Å². The smallest absolute Gasteiger partial charge is 0.251 e. The lowest BCUT2D eigenvalue weighted by atomic mass is 9.81. The van der Waals surface area contributed by atoms with Gasteiger partial charge < -0.3 is 10.6 Å². The molecule has 1 unspecified atom stereocenters. The maximum atomic E-state index is 14.4. The molecule has 0 bridgehead atoms. The van der Waals surface area contributed by atoms with Crippen molar-refractivity contribution in [3.8, 4) is 0 Å². The topological polar surface area (TPSA) is 41.1 Å². The van der Waals surface area contributed by atoms with E-state index in [9.17, 15) is 9.18 Å². The van der Waals surface area contributed by atoms with Crippen LogP contribution in [-0.4, -0.2) is 11.9 Å². The van der Waals surface area contributed by atoms with Crippen molar-refractivity contribution in [2.75, 3.05) is 5.32 Å². The third kappa shape index (κ3) is 3.06. The molecule has 1 atom stereocenters. The summed E-state index contributed by atoms with van der Waals surface area (Å²) in [6.45, 7) is 0. The summed E-state index contributed by atoms with van der Waals surface area (Å²) in [5.74, 6) is -0.148. The van der Waals surface area contributed by atoms with Crippen LogP contribution in [0.3, 0.4) is 0 Å². The molecule has 27 heavy (non-hydrogen) atoms. The van der Waals surface area contributed by atoms with E-state index in [1.807, 2.05) is 18.2 Å². The lowest BCUT2D eigenvalue weighted by molar-refractivity contribution is 0.0917. The predicted octanol–water partition coefficient (Wildman–Crippen LogP) is 5.46. The molecule has 2 N–H and O–H groups in total. The molecule has 1 aliphatic heterocycles. The SMILES string of the molecule is O=C(NC1CCC1)c1ccc2c(c1)C1(CC1)CC(c1cc(Br)ccc1F)N2. The van der Waals surface area contributed by atoms with Gasteiger partial charge in [-0.3, -0.25) is 4.79 Å². The Morgan fingerprint density at radius 2 is 2.00 bits per heavy atom. The molecule has 1 heterocycles. The zero-order valence-corrected chi connectivity index (χ0v) is 16.6. The number of carbonyl (C=O) groups excluding carboxylic acids is 1. The minimum atomic E-state index is -0.175. The second-order valence-electron chi connectivity index (χ2n) is 8.21. The monoisotopic (exact) mass is 428 g/mol. The molecule has 2 fully saturated rings. The van der Waals surface area contributed by atoms with E-state index in [4.69, 9.17) is 0 Å². The third-order valence-electron chi connectivity index (χ3n) is 6.41. The van der Waals surface area contributed by atoms with Crippen LogP contribution in [0.1, 0.15) is 66.1 Å². The molecular formula is C22H22BrFN2O. The van der Waals surface area contributed by atoms with Crippen molar-refractivity contribution in [2.24, 2.45) is 0 Å². The molecule has 0 aromatic heterocycles. The second-order valence-corrected chi connectivity index (χ2v) is 9.12. The van der Waals surface area contributed by atoms with Gasteiger partial charge in [-0.15, -0.1) is 0 Å². The summed E-state index contributed by atoms with van der Waals surface area (Å²) in [4.78, 5) is 12.5. The van der Waals surface area contributed by atoms with Crippen LogP contribution in [0.4, 0.5) is 10.1 Å². The highest BCUT2D eigenvalue weighted by atomic mass is 79.9. The van der Waals surface area contributed by atoms with Crippen molar-refractivity contribution in [3.63, 3.8) is 0 Å². The van der Waals surface area contributed by atoms with Gasteiger partial charge >= 0.3 is 0 Å². The van der Waals surface area contributed by atoms with Gasteiger partial charge in [0.25, 0.3) is 5.91 Å². The Hall–Kier alpha value is -1.88. The van der Waals surface area contributed by atoms with Crippen molar-refractivity contribution in [1.29, 1.82) is 0 Å². The molecule has 1 amide bonds. The summed E-state index contributed by atoms with van der Waals surface area (Å²) in [6, 6.07) is 11.3. The van der Waals surface area contributed by atoms with Gasteiger partial charge in [0.15, 0.2) is 0 Å². The zero-order valence-electron chi connectivity index (χ0n) is 15.0. The Morgan fingerprint density at radius 3 is 2.70 bits per heavy atom. The number of fused-ring (bicyclic) bond motifs is 2. The Labute approximate surface area is 166 Å². The average Bonchev–Trinajstić information content (AvgIpc) is 3.39. The lowest BCUT2D eigenvalue weighted by Crippen LogP contribution is -2.39. The molecule has 0 saturated heterocycles. The molecule has 140 valence electrons. The molecule has 0 radical (unpaired) electrons. The van der Waals surface area contributed by atoms with Gasteiger partial charge in [-0.2, -0.15) is 0 Å². The molecule has 2 aliphatic carbocycles. The van der Waals surface area contributed by atoms with Crippen LogP contribution in [0, 0.1) is 5.82 Å². The first-order valence-corrected chi connectivity index (χ1v) is 10.5. The molecule has 3 nitrogen and oxygen atoms in total. The maximum absolute atomic E-state index is 14.4. The number of rotatable bonds is 3. The number of halogens is 2. The summed E-state index contributed by atoms with van der Waals surface area (Å²) in [7, 11) is 0. The normalized spacial score (nSPS) is 22.5. The van der Waals surface area contributed by atoms with Crippen LogP contribution < -0.4 is 10.6 Å². The standard InChI is InChI=1S/C22H22BrFN2O/c23-14-5-6-18(24)16(11-14)20-12-22(8-9-22)17-10-13(4-7-19(17)26-20)21(27)25-15-2-1-3-15/h4-7,10-11,15,20,26H,1-3,8-9,12H2,(H,25,27). The van der Waals surface area contributed by atoms with Gasteiger partial charge in [0.2, 0.25) is 0 Å². The van der Waals surface area contributed by atoms with E-state index >= 15 is 0 Å². The highest BCUT2D eigenvalue weighted by Gasteiger charge is 2.50. The summed E-state index contributed by atoms with van der Waals surface area (Å²) in [5, 5.41) is 6.64. The highest BCUT2D eigenvalue weighted by molar-refractivity contribution is 9.10. The third-order valence-corrected chi connectivity index (χ3v) is 6.90. The van der Waals surface area contributed by atoms with Crippen molar-refractivity contribution in [1.82, 2.24) is 5.32 Å². The fourth-order valence-electron chi connectivity index (χ4n) is 4.40. The summed E-state index contributed by atoms with van der Waals surface area (Å²) in [5.41, 5.74) is 3.76. The van der Waals surface area contributed by atoms with Crippen LogP contribution in [0.25, 0.3) is 0 Å². The Kier molecular flexibility index (Phi) is 4.04. The van der Waals surface area contributed by atoms with E-state index in [2.05, 4.69) is 32.6 Å². The minimum absolute atomic E-state index is 0.0263. The van der Waals surface area contributed by atoms with Gasteiger partial charge in [0, 0.05) is 27.3 Å². The fourth-order valence-corrected chi connectivity index (χ4v) is 4.78. The number of benzene rings is 2. The molecule has 5 rings (SSSR count). The molecule has 3 aliphatic rings. The number of amides is 1. The van der Waals surface area contributed by atoms with Crippen molar-refractivity contribution in [2.45, 2.75) is 56.0 Å². The van der Waals surface area contributed by atoms with E-state index in [0.717, 1.165) is 47.8 Å². The zero-order chi connectivity index (χ0) is 18.6. The summed E-state index contributed by atoms with van der Waals surface area (Å²) < 4.78 is 15.3. The number of nitrogens with one attached hydrogen (secondary N) is 2. The molecule has 2 aromatic rings. The average molecular weight is 429 g/mol.